The topological polar surface area (TPSA) is 49.8 Å². The molecule has 1 aromatic heterocycles. The van der Waals surface area contributed by atoms with Gasteiger partial charge in [-0.2, -0.15) is 0 Å². The lowest BCUT2D eigenvalue weighted by molar-refractivity contribution is 0.0477. The average Bonchev–Trinajstić information content (AvgIpc) is 3.09. The summed E-state index contributed by atoms with van der Waals surface area (Å²) in [4.78, 5) is 14.1. The summed E-state index contributed by atoms with van der Waals surface area (Å²) in [6.45, 7) is 4.81. The van der Waals surface area contributed by atoms with E-state index >= 15 is 0 Å². The molecule has 4 nitrogen and oxygen atoms in total. The quantitative estimate of drug-likeness (QED) is 0.928. The molecule has 2 fully saturated rings. The molecule has 1 aromatic rings. The summed E-state index contributed by atoms with van der Waals surface area (Å²) in [5, 5.41) is 11.0. The molecular weight excluding hydrogens is 274 g/mol. The van der Waals surface area contributed by atoms with Crippen molar-refractivity contribution in [3.8, 4) is 0 Å². The van der Waals surface area contributed by atoms with Gasteiger partial charge in [0.05, 0.1) is 0 Å². The molecule has 2 saturated heterocycles. The Kier molecular flexibility index (Phi) is 4.38. The van der Waals surface area contributed by atoms with E-state index in [2.05, 4.69) is 4.90 Å². The van der Waals surface area contributed by atoms with E-state index in [1.807, 2.05) is 11.4 Å². The molecule has 0 amide bonds. The van der Waals surface area contributed by atoms with Crippen LogP contribution in [0.5, 0.6) is 0 Å². The van der Waals surface area contributed by atoms with Crippen LogP contribution in [0.2, 0.25) is 0 Å². The van der Waals surface area contributed by atoms with Crippen LogP contribution in [0, 0.1) is 11.8 Å². The Labute approximate surface area is 123 Å². The number of thiophene rings is 1. The molecule has 0 saturated carbocycles. The van der Waals surface area contributed by atoms with Crippen LogP contribution < -0.4 is 0 Å². The molecule has 1 atom stereocenters. The maximum Gasteiger partial charge on any atom is 0.346 e. The first-order valence-electron chi connectivity index (χ1n) is 7.34. The second-order valence-corrected chi connectivity index (χ2v) is 6.73. The zero-order chi connectivity index (χ0) is 13.9. The Hall–Kier alpha value is -0.910. The van der Waals surface area contributed by atoms with Gasteiger partial charge in [0, 0.05) is 26.3 Å². The number of carboxylic acids is 1. The minimum atomic E-state index is -0.796. The predicted octanol–water partition coefficient (Wildman–Crippen LogP) is 2.69. The number of aromatic carboxylic acids is 1. The van der Waals surface area contributed by atoms with E-state index in [0.717, 1.165) is 50.2 Å². The largest absolute Gasteiger partial charge is 0.477 e. The number of nitrogens with zero attached hydrogens (tertiary/aromatic N) is 1. The van der Waals surface area contributed by atoms with Gasteiger partial charge in [0.25, 0.3) is 0 Å². The Balaban J connectivity index is 1.57. The van der Waals surface area contributed by atoms with E-state index in [1.54, 1.807) is 0 Å². The molecule has 0 bridgehead atoms. The Bertz CT molecular complexity index is 467. The molecule has 0 aliphatic carbocycles. The number of hydrogen-bond donors (Lipinski definition) is 1. The summed E-state index contributed by atoms with van der Waals surface area (Å²) < 4.78 is 5.44. The van der Waals surface area contributed by atoms with Crippen molar-refractivity contribution in [3.63, 3.8) is 0 Å². The van der Waals surface area contributed by atoms with E-state index in [4.69, 9.17) is 9.84 Å². The highest BCUT2D eigenvalue weighted by atomic mass is 32.1. The highest BCUT2D eigenvalue weighted by molar-refractivity contribution is 7.12. The van der Waals surface area contributed by atoms with Crippen molar-refractivity contribution in [2.24, 2.45) is 11.8 Å². The van der Waals surface area contributed by atoms with Gasteiger partial charge in [-0.05, 0) is 54.7 Å². The van der Waals surface area contributed by atoms with Crippen molar-refractivity contribution >= 4 is 17.3 Å². The predicted molar refractivity (Wildman–Crippen MR) is 78.2 cm³/mol. The summed E-state index contributed by atoms with van der Waals surface area (Å²) in [5.74, 6) is 0.774. The second-order valence-electron chi connectivity index (χ2n) is 5.81. The Morgan fingerprint density at radius 3 is 2.90 bits per heavy atom. The molecule has 2 aliphatic heterocycles. The van der Waals surface area contributed by atoms with Crippen molar-refractivity contribution < 1.29 is 14.6 Å². The fourth-order valence-corrected chi connectivity index (χ4v) is 4.22. The van der Waals surface area contributed by atoms with Gasteiger partial charge in [0.2, 0.25) is 0 Å². The maximum absolute atomic E-state index is 11.1. The minimum Gasteiger partial charge on any atom is -0.477 e. The zero-order valence-electron chi connectivity index (χ0n) is 11.6. The van der Waals surface area contributed by atoms with Crippen LogP contribution in [-0.2, 0) is 11.3 Å². The third kappa shape index (κ3) is 3.05. The molecule has 0 spiro atoms. The first-order valence-corrected chi connectivity index (χ1v) is 8.22. The molecular formula is C15H21NO3S. The van der Waals surface area contributed by atoms with Crippen LogP contribution in [0.25, 0.3) is 0 Å². The number of hydrogen-bond acceptors (Lipinski definition) is 4. The van der Waals surface area contributed by atoms with Gasteiger partial charge in [-0.15, -0.1) is 11.3 Å². The Morgan fingerprint density at radius 1 is 1.35 bits per heavy atom. The van der Waals surface area contributed by atoms with Gasteiger partial charge >= 0.3 is 5.97 Å². The molecule has 0 aromatic carbocycles. The van der Waals surface area contributed by atoms with Crippen molar-refractivity contribution in [2.75, 3.05) is 26.3 Å². The van der Waals surface area contributed by atoms with E-state index in [1.165, 1.54) is 30.6 Å². The van der Waals surface area contributed by atoms with E-state index in [9.17, 15) is 4.79 Å². The number of likely N-dealkylation sites (tertiary alicyclic amines) is 1. The molecule has 5 heteroatoms. The summed E-state index contributed by atoms with van der Waals surface area (Å²) >= 11 is 1.33. The third-order valence-electron chi connectivity index (χ3n) is 4.58. The van der Waals surface area contributed by atoms with Gasteiger partial charge in [0.15, 0.2) is 0 Å². The number of ether oxygens (including phenoxy) is 1. The fraction of sp³-hybridized carbons (Fsp3) is 0.667. The van der Waals surface area contributed by atoms with E-state index < -0.39 is 5.97 Å². The molecule has 1 N–H and O–H groups in total. The molecule has 1 unspecified atom stereocenters. The van der Waals surface area contributed by atoms with Crippen LogP contribution in [0.3, 0.4) is 0 Å². The standard InChI is InChI=1S/C15H21NO3S/c17-15(18)14-13(4-8-20-14)10-16-5-1-12(9-16)11-2-6-19-7-3-11/h4,8,11-12H,1-3,5-7,9-10H2,(H,17,18). The van der Waals surface area contributed by atoms with Gasteiger partial charge in [-0.1, -0.05) is 0 Å². The average molecular weight is 295 g/mol. The molecule has 110 valence electrons. The maximum atomic E-state index is 11.1. The smallest absolute Gasteiger partial charge is 0.346 e. The lowest BCUT2D eigenvalue weighted by Crippen LogP contribution is -2.27. The summed E-state index contributed by atoms with van der Waals surface area (Å²) in [5.41, 5.74) is 0.968. The minimum absolute atomic E-state index is 0.500. The Morgan fingerprint density at radius 2 is 2.15 bits per heavy atom. The van der Waals surface area contributed by atoms with E-state index in [-0.39, 0.29) is 0 Å². The summed E-state index contributed by atoms with van der Waals surface area (Å²) in [6, 6.07) is 1.95. The molecule has 0 radical (unpaired) electrons. The van der Waals surface area contributed by atoms with Crippen LogP contribution in [0.4, 0.5) is 0 Å². The molecule has 20 heavy (non-hydrogen) atoms. The lowest BCUT2D eigenvalue weighted by Gasteiger charge is -2.27. The first-order chi connectivity index (χ1) is 9.74. The second kappa shape index (κ2) is 6.24. The normalized spacial score (nSPS) is 25.1. The highest BCUT2D eigenvalue weighted by Crippen LogP contribution is 2.32. The van der Waals surface area contributed by atoms with Crippen LogP contribution in [-0.4, -0.2) is 42.3 Å². The third-order valence-corrected chi connectivity index (χ3v) is 5.52. The van der Waals surface area contributed by atoms with Gasteiger partial charge in [-0.3, -0.25) is 4.90 Å². The summed E-state index contributed by atoms with van der Waals surface area (Å²) in [6.07, 6.45) is 3.63. The van der Waals surface area contributed by atoms with Crippen LogP contribution in [0.1, 0.15) is 34.5 Å². The molecule has 3 rings (SSSR count). The number of rotatable bonds is 4. The van der Waals surface area contributed by atoms with E-state index in [0.29, 0.717) is 4.88 Å². The monoisotopic (exact) mass is 295 g/mol. The van der Waals surface area contributed by atoms with Crippen molar-refractivity contribution in [1.29, 1.82) is 0 Å². The zero-order valence-corrected chi connectivity index (χ0v) is 12.4. The van der Waals surface area contributed by atoms with Gasteiger partial charge in [0.1, 0.15) is 4.88 Å². The lowest BCUT2D eigenvalue weighted by atomic mass is 9.85. The van der Waals surface area contributed by atoms with Gasteiger partial charge < -0.3 is 9.84 Å². The van der Waals surface area contributed by atoms with Crippen LogP contribution >= 0.6 is 11.3 Å². The van der Waals surface area contributed by atoms with Gasteiger partial charge in [-0.25, -0.2) is 4.79 Å². The molecule has 3 heterocycles. The SMILES string of the molecule is O=C(O)c1sccc1CN1CCC(C2CCOCC2)C1. The van der Waals surface area contributed by atoms with Crippen molar-refractivity contribution in [1.82, 2.24) is 4.90 Å². The number of carboxylic acid groups (broad SMARTS) is 1. The van der Waals surface area contributed by atoms with Crippen molar-refractivity contribution in [2.45, 2.75) is 25.8 Å². The molecule has 2 aliphatic rings. The van der Waals surface area contributed by atoms with Crippen LogP contribution in [0.15, 0.2) is 11.4 Å². The highest BCUT2D eigenvalue weighted by Gasteiger charge is 2.31. The summed E-state index contributed by atoms with van der Waals surface area (Å²) in [7, 11) is 0. The fourth-order valence-electron chi connectivity index (χ4n) is 3.47. The number of carbonyl (C=O) groups is 1. The van der Waals surface area contributed by atoms with Crippen molar-refractivity contribution in [3.05, 3.63) is 21.9 Å². The first kappa shape index (κ1) is 14.0.